The van der Waals surface area contributed by atoms with Crippen LogP contribution in [0.2, 0.25) is 0 Å². The quantitative estimate of drug-likeness (QED) is 0.527. The van der Waals surface area contributed by atoms with Crippen LogP contribution in [-0.2, 0) is 4.79 Å². The van der Waals surface area contributed by atoms with E-state index in [2.05, 4.69) is 12.0 Å². The van der Waals surface area contributed by atoms with Gasteiger partial charge in [0.15, 0.2) is 0 Å². The lowest BCUT2D eigenvalue weighted by Gasteiger charge is -2.12. The Morgan fingerprint density at radius 3 is 2.23 bits per heavy atom. The molecule has 0 aromatic heterocycles. The van der Waals surface area contributed by atoms with E-state index in [0.29, 0.717) is 0 Å². The van der Waals surface area contributed by atoms with Crippen molar-refractivity contribution in [2.75, 3.05) is 13.1 Å². The van der Waals surface area contributed by atoms with Crippen LogP contribution >= 0.6 is 0 Å². The zero-order valence-corrected chi connectivity index (χ0v) is 8.68. The van der Waals surface area contributed by atoms with Crippen LogP contribution in [0.5, 0.6) is 0 Å². The van der Waals surface area contributed by atoms with Crippen LogP contribution in [0.4, 0.5) is 0 Å². The van der Waals surface area contributed by atoms with Gasteiger partial charge >= 0.3 is 0 Å². The van der Waals surface area contributed by atoms with Crippen molar-refractivity contribution in [3.63, 3.8) is 0 Å². The van der Waals surface area contributed by atoms with Crippen molar-refractivity contribution in [1.82, 2.24) is 4.90 Å². The third kappa shape index (κ3) is 3.10. The number of ketones is 1. The van der Waals surface area contributed by atoms with E-state index in [1.165, 1.54) is 12.8 Å². The molecule has 0 N–H and O–H groups in total. The standard InChI is InChI=1S/C11H17NO/c1-11(2,3)10(13)6-9-12-7-4-5-8-12/h4-5,7-8H2,1-3H3. The van der Waals surface area contributed by atoms with Crippen molar-refractivity contribution < 1.29 is 4.79 Å². The van der Waals surface area contributed by atoms with E-state index in [0.717, 1.165) is 13.1 Å². The average molecular weight is 179 g/mol. The van der Waals surface area contributed by atoms with E-state index >= 15 is 0 Å². The maximum atomic E-state index is 11.4. The summed E-state index contributed by atoms with van der Waals surface area (Å²) in [4.78, 5) is 13.5. The first-order chi connectivity index (χ1) is 6.00. The minimum Gasteiger partial charge on any atom is -0.332 e. The molecule has 1 heterocycles. The molecule has 1 saturated heterocycles. The van der Waals surface area contributed by atoms with Gasteiger partial charge in [-0.25, -0.2) is 0 Å². The Kier molecular flexibility index (Phi) is 2.98. The first-order valence-electron chi connectivity index (χ1n) is 4.81. The predicted molar refractivity (Wildman–Crippen MR) is 53.0 cm³/mol. The maximum absolute atomic E-state index is 11.4. The summed E-state index contributed by atoms with van der Waals surface area (Å²) in [7, 11) is 0. The number of hydrogen-bond donors (Lipinski definition) is 0. The average Bonchev–Trinajstić information content (AvgIpc) is 2.50. The molecule has 0 aliphatic carbocycles. The summed E-state index contributed by atoms with van der Waals surface area (Å²) in [5, 5.41) is 0. The van der Waals surface area contributed by atoms with Gasteiger partial charge in [0.1, 0.15) is 0 Å². The number of nitrogens with zero attached hydrogens (tertiary/aromatic N) is 1. The molecule has 0 aromatic rings. The molecular weight excluding hydrogens is 162 g/mol. The number of hydrogen-bond acceptors (Lipinski definition) is 2. The van der Waals surface area contributed by atoms with Gasteiger partial charge in [0.25, 0.3) is 0 Å². The van der Waals surface area contributed by atoms with Gasteiger partial charge in [-0.3, -0.25) is 4.79 Å². The van der Waals surface area contributed by atoms with Crippen molar-refractivity contribution in [3.8, 4) is 12.0 Å². The largest absolute Gasteiger partial charge is 0.332 e. The summed E-state index contributed by atoms with van der Waals surface area (Å²) in [6.07, 6.45) is 2.41. The molecule has 0 saturated carbocycles. The van der Waals surface area contributed by atoms with Gasteiger partial charge in [-0.1, -0.05) is 20.8 Å². The van der Waals surface area contributed by atoms with E-state index in [4.69, 9.17) is 0 Å². The van der Waals surface area contributed by atoms with Crippen LogP contribution in [0.25, 0.3) is 0 Å². The second-order valence-electron chi connectivity index (χ2n) is 4.51. The molecule has 1 rings (SSSR count). The molecule has 2 nitrogen and oxygen atoms in total. The summed E-state index contributed by atoms with van der Waals surface area (Å²) >= 11 is 0. The predicted octanol–water partition coefficient (Wildman–Crippen LogP) is 1.66. The SMILES string of the molecule is CC(C)(C)C(=O)C#CN1CCCC1. The number of Topliss-reactive ketones (excluding diaryl/α,β-unsaturated/α-hetero) is 1. The molecule has 0 amide bonds. The summed E-state index contributed by atoms with van der Waals surface area (Å²) in [5.74, 6) is 2.73. The maximum Gasteiger partial charge on any atom is 0.212 e. The third-order valence-electron chi connectivity index (χ3n) is 2.11. The fourth-order valence-electron chi connectivity index (χ4n) is 1.15. The zero-order chi connectivity index (χ0) is 9.90. The smallest absolute Gasteiger partial charge is 0.212 e. The third-order valence-corrected chi connectivity index (χ3v) is 2.11. The Hall–Kier alpha value is -0.970. The molecule has 2 heteroatoms. The van der Waals surface area contributed by atoms with Crippen LogP contribution in [0, 0.1) is 17.4 Å². The second-order valence-corrected chi connectivity index (χ2v) is 4.51. The normalized spacial score (nSPS) is 16.7. The van der Waals surface area contributed by atoms with Crippen molar-refractivity contribution in [3.05, 3.63) is 0 Å². The summed E-state index contributed by atoms with van der Waals surface area (Å²) in [6.45, 7) is 7.73. The van der Waals surface area contributed by atoms with Gasteiger partial charge < -0.3 is 4.90 Å². The highest BCUT2D eigenvalue weighted by atomic mass is 16.1. The Bertz CT molecular complexity index is 245. The first kappa shape index (κ1) is 10.1. The molecule has 72 valence electrons. The van der Waals surface area contributed by atoms with Gasteiger partial charge in [0.2, 0.25) is 5.78 Å². The van der Waals surface area contributed by atoms with Gasteiger partial charge in [0, 0.05) is 24.5 Å². The Labute approximate surface area is 80.3 Å². The molecule has 1 aliphatic rings. The number of likely N-dealkylation sites (tertiary alicyclic amines) is 1. The van der Waals surface area contributed by atoms with Crippen LogP contribution in [-0.4, -0.2) is 23.8 Å². The molecule has 0 aromatic carbocycles. The fourth-order valence-corrected chi connectivity index (χ4v) is 1.15. The number of rotatable bonds is 0. The van der Waals surface area contributed by atoms with Crippen LogP contribution in [0.1, 0.15) is 33.6 Å². The summed E-state index contributed by atoms with van der Waals surface area (Å²) < 4.78 is 0. The molecule has 13 heavy (non-hydrogen) atoms. The number of carbonyl (C=O) groups excluding carboxylic acids is 1. The highest BCUT2D eigenvalue weighted by Gasteiger charge is 2.19. The van der Waals surface area contributed by atoms with Crippen molar-refractivity contribution >= 4 is 5.78 Å². The molecule has 0 atom stereocenters. The molecule has 0 spiro atoms. The van der Waals surface area contributed by atoms with Gasteiger partial charge in [-0.2, -0.15) is 0 Å². The van der Waals surface area contributed by atoms with Crippen molar-refractivity contribution in [1.29, 1.82) is 0 Å². The van der Waals surface area contributed by atoms with E-state index in [1.54, 1.807) is 0 Å². The van der Waals surface area contributed by atoms with E-state index in [-0.39, 0.29) is 11.2 Å². The molecule has 1 aliphatic heterocycles. The van der Waals surface area contributed by atoms with E-state index in [9.17, 15) is 4.79 Å². The lowest BCUT2D eigenvalue weighted by Crippen LogP contribution is -2.19. The minimum absolute atomic E-state index is 0.0272. The highest BCUT2D eigenvalue weighted by molar-refractivity contribution is 5.99. The van der Waals surface area contributed by atoms with E-state index in [1.807, 2.05) is 25.7 Å². The monoisotopic (exact) mass is 179 g/mol. The lowest BCUT2D eigenvalue weighted by molar-refractivity contribution is -0.120. The second kappa shape index (κ2) is 3.83. The molecular formula is C11H17NO. The van der Waals surface area contributed by atoms with Crippen LogP contribution in [0.3, 0.4) is 0 Å². The summed E-state index contributed by atoms with van der Waals surface area (Å²) in [5.41, 5.74) is -0.327. The molecule has 0 unspecified atom stereocenters. The Morgan fingerprint density at radius 2 is 1.77 bits per heavy atom. The van der Waals surface area contributed by atoms with Gasteiger partial charge in [-0.15, -0.1) is 0 Å². The van der Waals surface area contributed by atoms with Crippen LogP contribution < -0.4 is 0 Å². The lowest BCUT2D eigenvalue weighted by atomic mass is 9.91. The summed E-state index contributed by atoms with van der Waals surface area (Å²) in [6, 6.07) is 2.92. The number of carbonyl (C=O) groups is 1. The molecule has 1 fully saturated rings. The molecule has 0 bridgehead atoms. The highest BCUT2D eigenvalue weighted by Crippen LogP contribution is 2.13. The first-order valence-corrected chi connectivity index (χ1v) is 4.81. The fraction of sp³-hybridized carbons (Fsp3) is 0.727. The van der Waals surface area contributed by atoms with Crippen molar-refractivity contribution in [2.24, 2.45) is 5.41 Å². The van der Waals surface area contributed by atoms with Crippen LogP contribution in [0.15, 0.2) is 0 Å². The zero-order valence-electron chi connectivity index (χ0n) is 8.68. The Morgan fingerprint density at radius 1 is 1.23 bits per heavy atom. The molecule has 0 radical (unpaired) electrons. The van der Waals surface area contributed by atoms with Gasteiger partial charge in [-0.05, 0) is 18.8 Å². The van der Waals surface area contributed by atoms with Crippen molar-refractivity contribution in [2.45, 2.75) is 33.6 Å². The van der Waals surface area contributed by atoms with E-state index < -0.39 is 0 Å². The topological polar surface area (TPSA) is 20.3 Å². The van der Waals surface area contributed by atoms with Gasteiger partial charge in [0.05, 0.1) is 0 Å². The Balaban J connectivity index is 2.51. The minimum atomic E-state index is -0.327.